The van der Waals surface area contributed by atoms with Gasteiger partial charge in [-0.1, -0.05) is 0 Å². The van der Waals surface area contributed by atoms with Crippen molar-refractivity contribution in [2.75, 3.05) is 24.6 Å². The van der Waals surface area contributed by atoms with E-state index in [1.54, 1.807) is 16.7 Å². The van der Waals surface area contributed by atoms with Crippen LogP contribution in [0.3, 0.4) is 0 Å². The van der Waals surface area contributed by atoms with Crippen LogP contribution in [0, 0.1) is 6.92 Å². The Labute approximate surface area is 128 Å². The summed E-state index contributed by atoms with van der Waals surface area (Å²) in [5, 5.41) is 3.72. The first-order chi connectivity index (χ1) is 10.4. The molecule has 3 heterocycles. The lowest BCUT2D eigenvalue weighted by Gasteiger charge is -2.25. The van der Waals surface area contributed by atoms with Gasteiger partial charge in [-0.15, -0.1) is 0 Å². The molecular formula is C13H13F3N4OS. The van der Waals surface area contributed by atoms with E-state index in [0.29, 0.717) is 17.6 Å². The predicted octanol–water partition coefficient (Wildman–Crippen LogP) is 2.25. The van der Waals surface area contributed by atoms with Crippen molar-refractivity contribution in [1.29, 1.82) is 0 Å². The van der Waals surface area contributed by atoms with E-state index in [9.17, 15) is 18.0 Å². The maximum Gasteiger partial charge on any atom is 0.433 e. The number of thioether (sulfide) groups is 1. The molecule has 0 unspecified atom stereocenters. The van der Waals surface area contributed by atoms with Gasteiger partial charge in [0, 0.05) is 30.3 Å². The van der Waals surface area contributed by atoms with Crippen molar-refractivity contribution in [1.82, 2.24) is 19.5 Å². The zero-order valence-corrected chi connectivity index (χ0v) is 12.5. The van der Waals surface area contributed by atoms with Crippen molar-refractivity contribution in [2.24, 2.45) is 0 Å². The fourth-order valence-electron chi connectivity index (χ4n) is 2.37. The van der Waals surface area contributed by atoms with E-state index in [1.165, 1.54) is 13.1 Å². The first-order valence-electron chi connectivity index (χ1n) is 6.67. The topological polar surface area (TPSA) is 50.5 Å². The third kappa shape index (κ3) is 2.65. The molecule has 0 bridgehead atoms. The Balaban J connectivity index is 2.08. The molecule has 118 valence electrons. The summed E-state index contributed by atoms with van der Waals surface area (Å²) in [6.45, 7) is 2.63. The minimum Gasteiger partial charge on any atom is -0.337 e. The Bertz CT molecular complexity index is 722. The van der Waals surface area contributed by atoms with Crippen molar-refractivity contribution in [3.63, 3.8) is 0 Å². The Morgan fingerprint density at radius 2 is 2.00 bits per heavy atom. The predicted molar refractivity (Wildman–Crippen MR) is 76.0 cm³/mol. The van der Waals surface area contributed by atoms with Gasteiger partial charge in [0.2, 0.25) is 0 Å². The van der Waals surface area contributed by atoms with Gasteiger partial charge >= 0.3 is 6.18 Å². The van der Waals surface area contributed by atoms with Gasteiger partial charge in [0.25, 0.3) is 5.91 Å². The number of hydrogen-bond donors (Lipinski definition) is 0. The van der Waals surface area contributed by atoms with Crippen molar-refractivity contribution in [2.45, 2.75) is 13.1 Å². The fraction of sp³-hybridized carbons (Fsp3) is 0.462. The van der Waals surface area contributed by atoms with Crippen LogP contribution in [0.25, 0.3) is 5.65 Å². The number of aryl methyl sites for hydroxylation is 1. The molecule has 1 saturated heterocycles. The van der Waals surface area contributed by atoms with Crippen molar-refractivity contribution in [3.05, 3.63) is 29.2 Å². The minimum atomic E-state index is -4.56. The lowest BCUT2D eigenvalue weighted by Crippen LogP contribution is -2.37. The number of nitrogens with zero attached hydrogens (tertiary/aromatic N) is 4. The van der Waals surface area contributed by atoms with E-state index in [0.717, 1.165) is 17.6 Å². The zero-order chi connectivity index (χ0) is 15.9. The summed E-state index contributed by atoms with van der Waals surface area (Å²) in [5.74, 6) is 1.33. The summed E-state index contributed by atoms with van der Waals surface area (Å²) in [7, 11) is 0. The van der Waals surface area contributed by atoms with Crippen molar-refractivity contribution in [3.8, 4) is 0 Å². The molecule has 1 aliphatic rings. The molecule has 9 heteroatoms. The molecule has 5 nitrogen and oxygen atoms in total. The van der Waals surface area contributed by atoms with Crippen LogP contribution >= 0.6 is 11.8 Å². The highest BCUT2D eigenvalue weighted by Crippen LogP contribution is 2.30. The highest BCUT2D eigenvalue weighted by molar-refractivity contribution is 7.99. The molecule has 0 saturated carbocycles. The molecule has 3 rings (SSSR count). The second-order valence-corrected chi connectivity index (χ2v) is 6.20. The standard InChI is InChI=1S/C13H13F3N4OS/c1-8-6-10(13(14,15)16)20-11(18-8)9(7-17-20)12(21)19-2-4-22-5-3-19/h6-7H,2-5H2,1H3. The molecule has 1 fully saturated rings. The normalized spacial score (nSPS) is 16.3. The third-order valence-corrected chi connectivity index (χ3v) is 4.36. The Hall–Kier alpha value is -1.77. The monoisotopic (exact) mass is 330 g/mol. The summed E-state index contributed by atoms with van der Waals surface area (Å²) in [6.07, 6.45) is -3.39. The number of hydrogen-bond acceptors (Lipinski definition) is 4. The van der Waals surface area contributed by atoms with Gasteiger partial charge in [-0.3, -0.25) is 4.79 Å². The molecule has 22 heavy (non-hydrogen) atoms. The summed E-state index contributed by atoms with van der Waals surface area (Å²) in [4.78, 5) is 18.2. The van der Waals surface area contributed by atoms with Crippen LogP contribution in [0.4, 0.5) is 13.2 Å². The maximum absolute atomic E-state index is 13.1. The van der Waals surface area contributed by atoms with Gasteiger partial charge in [0.05, 0.1) is 6.20 Å². The number of rotatable bonds is 1. The molecule has 2 aromatic heterocycles. The van der Waals surface area contributed by atoms with Crippen LogP contribution in [0.1, 0.15) is 21.7 Å². The van der Waals surface area contributed by atoms with Gasteiger partial charge in [-0.2, -0.15) is 30.0 Å². The van der Waals surface area contributed by atoms with E-state index < -0.39 is 11.9 Å². The second kappa shape index (κ2) is 5.45. The Morgan fingerprint density at radius 1 is 1.32 bits per heavy atom. The first-order valence-corrected chi connectivity index (χ1v) is 7.83. The summed E-state index contributed by atoms with van der Waals surface area (Å²) >= 11 is 1.75. The quantitative estimate of drug-likeness (QED) is 0.805. The number of halogens is 3. The van der Waals surface area contributed by atoms with Crippen LogP contribution in [0.2, 0.25) is 0 Å². The SMILES string of the molecule is Cc1cc(C(F)(F)F)n2ncc(C(=O)N3CCSCC3)c2n1. The summed E-state index contributed by atoms with van der Waals surface area (Å²) in [6, 6.07) is 0.922. The van der Waals surface area contributed by atoms with E-state index in [-0.39, 0.29) is 22.8 Å². The van der Waals surface area contributed by atoms with Gasteiger partial charge in [0.15, 0.2) is 5.65 Å². The summed E-state index contributed by atoms with van der Waals surface area (Å²) < 4.78 is 39.9. The molecule has 0 aliphatic carbocycles. The molecular weight excluding hydrogens is 317 g/mol. The molecule has 0 aromatic carbocycles. The van der Waals surface area contributed by atoms with Crippen LogP contribution in [0.5, 0.6) is 0 Å². The fourth-order valence-corrected chi connectivity index (χ4v) is 3.28. The lowest BCUT2D eigenvalue weighted by molar-refractivity contribution is -0.142. The van der Waals surface area contributed by atoms with E-state index >= 15 is 0 Å². The van der Waals surface area contributed by atoms with E-state index in [1.807, 2.05) is 0 Å². The first kappa shape index (κ1) is 15.1. The van der Waals surface area contributed by atoms with Crippen molar-refractivity contribution >= 4 is 23.3 Å². The van der Waals surface area contributed by atoms with Gasteiger partial charge in [-0.05, 0) is 13.0 Å². The van der Waals surface area contributed by atoms with Crippen LogP contribution in [-0.4, -0.2) is 50.0 Å². The lowest BCUT2D eigenvalue weighted by atomic mass is 10.2. The number of amides is 1. The largest absolute Gasteiger partial charge is 0.433 e. The highest BCUT2D eigenvalue weighted by atomic mass is 32.2. The number of alkyl halides is 3. The molecule has 1 aliphatic heterocycles. The molecule has 0 spiro atoms. The van der Waals surface area contributed by atoms with Gasteiger partial charge in [-0.25, -0.2) is 9.50 Å². The third-order valence-electron chi connectivity index (χ3n) is 3.42. The number of aromatic nitrogens is 3. The van der Waals surface area contributed by atoms with Crippen LogP contribution in [0.15, 0.2) is 12.3 Å². The van der Waals surface area contributed by atoms with Crippen LogP contribution < -0.4 is 0 Å². The molecule has 0 radical (unpaired) electrons. The van der Waals surface area contributed by atoms with E-state index in [4.69, 9.17) is 0 Å². The molecule has 2 aromatic rings. The van der Waals surface area contributed by atoms with Gasteiger partial charge in [0.1, 0.15) is 11.3 Å². The molecule has 0 N–H and O–H groups in total. The van der Waals surface area contributed by atoms with E-state index in [2.05, 4.69) is 10.1 Å². The maximum atomic E-state index is 13.1. The number of carbonyl (C=O) groups excluding carboxylic acids is 1. The number of fused-ring (bicyclic) bond motifs is 1. The Kier molecular flexibility index (Phi) is 3.75. The van der Waals surface area contributed by atoms with Crippen LogP contribution in [-0.2, 0) is 6.18 Å². The van der Waals surface area contributed by atoms with Crippen molar-refractivity contribution < 1.29 is 18.0 Å². The minimum absolute atomic E-state index is 0.0458. The van der Waals surface area contributed by atoms with Gasteiger partial charge < -0.3 is 4.90 Å². The molecule has 0 atom stereocenters. The smallest absolute Gasteiger partial charge is 0.337 e. The highest BCUT2D eigenvalue weighted by Gasteiger charge is 2.36. The summed E-state index contributed by atoms with van der Waals surface area (Å²) in [5.41, 5.74) is -0.663. The zero-order valence-electron chi connectivity index (χ0n) is 11.7. The average molecular weight is 330 g/mol. The molecule has 1 amide bonds. The Morgan fingerprint density at radius 3 is 2.64 bits per heavy atom. The average Bonchev–Trinajstić information content (AvgIpc) is 2.89. The number of carbonyl (C=O) groups is 1. The second-order valence-electron chi connectivity index (χ2n) is 4.98.